The van der Waals surface area contributed by atoms with Gasteiger partial charge in [-0.3, -0.25) is 9.59 Å². The lowest BCUT2D eigenvalue weighted by Gasteiger charge is -2.09. The van der Waals surface area contributed by atoms with Gasteiger partial charge in [0.1, 0.15) is 11.5 Å². The average Bonchev–Trinajstić information content (AvgIpc) is 3.07. The van der Waals surface area contributed by atoms with Crippen LogP contribution in [0.25, 0.3) is 11.1 Å². The number of hydrogen-bond donors (Lipinski definition) is 2. The molecule has 0 bridgehead atoms. The van der Waals surface area contributed by atoms with Crippen LogP contribution in [0.15, 0.2) is 48.5 Å². The molecular weight excluding hydrogens is 387 g/mol. The summed E-state index contributed by atoms with van der Waals surface area (Å²) < 4.78 is 19.0. The Morgan fingerprint density at radius 3 is 2.33 bits per heavy atom. The number of esters is 1. The number of rotatable bonds is 6. The van der Waals surface area contributed by atoms with Gasteiger partial charge in [0, 0.05) is 11.3 Å². The summed E-state index contributed by atoms with van der Waals surface area (Å²) >= 11 is 0. The molecule has 7 heteroatoms. The fraction of sp³-hybridized carbons (Fsp3) is 0.174. The summed E-state index contributed by atoms with van der Waals surface area (Å²) in [5.74, 6) is -3.21. The van der Waals surface area contributed by atoms with Crippen molar-refractivity contribution in [2.24, 2.45) is 0 Å². The summed E-state index contributed by atoms with van der Waals surface area (Å²) in [6.45, 7) is 5.37. The molecule has 0 spiro atoms. The van der Waals surface area contributed by atoms with Gasteiger partial charge in [-0.15, -0.1) is 0 Å². The molecule has 3 rings (SSSR count). The summed E-state index contributed by atoms with van der Waals surface area (Å²) in [5.41, 5.74) is 2.26. The minimum absolute atomic E-state index is 0.0618. The molecule has 2 N–H and O–H groups in total. The van der Waals surface area contributed by atoms with Gasteiger partial charge in [-0.1, -0.05) is 42.0 Å². The van der Waals surface area contributed by atoms with Crippen LogP contribution in [0.2, 0.25) is 0 Å². The number of carbonyl (C=O) groups is 3. The second-order valence-corrected chi connectivity index (χ2v) is 6.72. The number of aromatic nitrogens is 1. The molecule has 3 aromatic rings. The second kappa shape index (κ2) is 8.73. The van der Waals surface area contributed by atoms with Gasteiger partial charge in [0.05, 0.1) is 17.9 Å². The Kier molecular flexibility index (Phi) is 6.11. The maximum Gasteiger partial charge on any atom is 0.340 e. The summed E-state index contributed by atoms with van der Waals surface area (Å²) in [6, 6.07) is 12.7. The molecule has 154 valence electrons. The molecule has 0 saturated carbocycles. The van der Waals surface area contributed by atoms with E-state index >= 15 is 0 Å². The van der Waals surface area contributed by atoms with E-state index in [9.17, 15) is 18.8 Å². The first-order valence-electron chi connectivity index (χ1n) is 9.40. The van der Waals surface area contributed by atoms with E-state index in [1.807, 2.05) is 19.1 Å². The van der Waals surface area contributed by atoms with Crippen molar-refractivity contribution in [1.29, 1.82) is 0 Å². The monoisotopic (exact) mass is 408 g/mol. The van der Waals surface area contributed by atoms with Crippen molar-refractivity contribution in [2.75, 3.05) is 11.9 Å². The lowest BCUT2D eigenvalue weighted by Crippen LogP contribution is -2.24. The maximum absolute atomic E-state index is 13.9. The number of carbonyl (C=O) groups excluding carboxylic acids is 3. The van der Waals surface area contributed by atoms with Crippen LogP contribution in [0.3, 0.4) is 0 Å². The van der Waals surface area contributed by atoms with Crippen LogP contribution in [0, 0.1) is 19.7 Å². The van der Waals surface area contributed by atoms with Gasteiger partial charge in [0.15, 0.2) is 0 Å². The summed E-state index contributed by atoms with van der Waals surface area (Å²) in [6.07, 6.45) is 0. The molecule has 0 atom stereocenters. The van der Waals surface area contributed by atoms with Crippen molar-refractivity contribution in [2.45, 2.75) is 20.8 Å². The Labute approximate surface area is 173 Å². The molecule has 0 aliphatic heterocycles. The Balaban J connectivity index is 2.07. The van der Waals surface area contributed by atoms with Gasteiger partial charge < -0.3 is 15.0 Å². The smallest absolute Gasteiger partial charge is 0.340 e. The van der Waals surface area contributed by atoms with E-state index < -0.39 is 23.5 Å². The second-order valence-electron chi connectivity index (χ2n) is 6.72. The van der Waals surface area contributed by atoms with Crippen LogP contribution < -0.4 is 5.32 Å². The van der Waals surface area contributed by atoms with Crippen LogP contribution in [0.1, 0.15) is 39.0 Å². The number of para-hydroxylation sites is 1. The number of ether oxygens (including phenoxy) is 1. The van der Waals surface area contributed by atoms with E-state index in [0.717, 1.165) is 5.56 Å². The van der Waals surface area contributed by atoms with Crippen molar-refractivity contribution in [3.63, 3.8) is 0 Å². The molecule has 0 aliphatic carbocycles. The van der Waals surface area contributed by atoms with Crippen LogP contribution in [0.5, 0.6) is 0 Å². The molecule has 0 fully saturated rings. The van der Waals surface area contributed by atoms with Crippen LogP contribution >= 0.6 is 0 Å². The number of halogens is 1. The number of nitrogens with one attached hydrogen (secondary N) is 2. The highest BCUT2D eigenvalue weighted by Crippen LogP contribution is 2.32. The minimum atomic E-state index is -1.02. The number of anilines is 1. The number of hydrogen-bond acceptors (Lipinski definition) is 4. The Morgan fingerprint density at radius 2 is 1.70 bits per heavy atom. The Bertz CT molecular complexity index is 1120. The largest absolute Gasteiger partial charge is 0.462 e. The number of aryl methyl sites for hydroxylation is 2. The minimum Gasteiger partial charge on any atom is -0.462 e. The van der Waals surface area contributed by atoms with E-state index in [2.05, 4.69) is 10.3 Å². The Hall–Kier alpha value is -3.74. The van der Waals surface area contributed by atoms with E-state index in [4.69, 9.17) is 4.74 Å². The number of aromatic amines is 1. The molecule has 1 amide bonds. The summed E-state index contributed by atoms with van der Waals surface area (Å²) in [4.78, 5) is 40.9. The highest BCUT2D eigenvalue weighted by atomic mass is 19.1. The van der Waals surface area contributed by atoms with Crippen LogP contribution in [0.4, 0.5) is 10.1 Å². The quantitative estimate of drug-likeness (QED) is 0.359. The summed E-state index contributed by atoms with van der Waals surface area (Å²) in [7, 11) is 0. The number of H-pyrrole nitrogens is 1. The SMILES string of the molecule is CCOC(=O)c1c(C)[nH]c(C(=O)C(=O)Nc2ccccc2F)c1-c1ccc(C)cc1. The van der Waals surface area contributed by atoms with E-state index in [1.54, 1.807) is 32.0 Å². The number of amides is 1. The van der Waals surface area contributed by atoms with Gasteiger partial charge in [-0.05, 0) is 38.5 Å². The zero-order valence-corrected chi connectivity index (χ0v) is 16.8. The molecule has 30 heavy (non-hydrogen) atoms. The third kappa shape index (κ3) is 4.15. The lowest BCUT2D eigenvalue weighted by molar-refractivity contribution is -0.112. The third-order valence-corrected chi connectivity index (χ3v) is 4.56. The average molecular weight is 408 g/mol. The van der Waals surface area contributed by atoms with E-state index in [1.165, 1.54) is 18.2 Å². The van der Waals surface area contributed by atoms with Gasteiger partial charge in [0.2, 0.25) is 0 Å². The molecular formula is C23H21FN2O4. The van der Waals surface area contributed by atoms with Gasteiger partial charge in [0.25, 0.3) is 11.7 Å². The van der Waals surface area contributed by atoms with Crippen LogP contribution in [-0.2, 0) is 9.53 Å². The molecule has 0 unspecified atom stereocenters. The fourth-order valence-corrected chi connectivity index (χ4v) is 3.12. The van der Waals surface area contributed by atoms with Crippen molar-refractivity contribution in [3.8, 4) is 11.1 Å². The standard InChI is InChI=1S/C23H21FN2O4/c1-4-30-23(29)18-14(3)25-20(19(18)15-11-9-13(2)10-12-15)21(27)22(28)26-17-8-6-5-7-16(17)24/h5-12,25H,4H2,1-3H3,(H,26,28). The maximum atomic E-state index is 13.9. The molecule has 1 heterocycles. The first-order chi connectivity index (χ1) is 14.3. The van der Waals surface area contributed by atoms with Crippen LogP contribution in [-0.4, -0.2) is 29.3 Å². The Morgan fingerprint density at radius 1 is 1.03 bits per heavy atom. The molecule has 0 aliphatic rings. The highest BCUT2D eigenvalue weighted by Gasteiger charge is 2.30. The van der Waals surface area contributed by atoms with Crippen molar-refractivity contribution in [3.05, 3.63) is 76.9 Å². The lowest BCUT2D eigenvalue weighted by atomic mass is 9.97. The van der Waals surface area contributed by atoms with Crippen molar-refractivity contribution in [1.82, 2.24) is 4.98 Å². The molecule has 6 nitrogen and oxygen atoms in total. The summed E-state index contributed by atoms with van der Waals surface area (Å²) in [5, 5.41) is 2.28. The normalized spacial score (nSPS) is 10.5. The van der Waals surface area contributed by atoms with Gasteiger partial charge >= 0.3 is 5.97 Å². The van der Waals surface area contributed by atoms with E-state index in [0.29, 0.717) is 11.3 Å². The third-order valence-electron chi connectivity index (χ3n) is 4.56. The zero-order chi connectivity index (χ0) is 21.8. The number of ketones is 1. The molecule has 1 aromatic heterocycles. The zero-order valence-electron chi connectivity index (χ0n) is 16.8. The van der Waals surface area contributed by atoms with Gasteiger partial charge in [-0.25, -0.2) is 9.18 Å². The molecule has 0 radical (unpaired) electrons. The first-order valence-corrected chi connectivity index (χ1v) is 9.40. The molecule has 2 aromatic carbocycles. The van der Waals surface area contributed by atoms with E-state index in [-0.39, 0.29) is 29.1 Å². The van der Waals surface area contributed by atoms with Crippen molar-refractivity contribution >= 4 is 23.3 Å². The topological polar surface area (TPSA) is 88.3 Å². The first kappa shape index (κ1) is 21.0. The van der Waals surface area contributed by atoms with Gasteiger partial charge in [-0.2, -0.15) is 0 Å². The van der Waals surface area contributed by atoms with Crippen molar-refractivity contribution < 1.29 is 23.5 Å². The highest BCUT2D eigenvalue weighted by molar-refractivity contribution is 6.47. The predicted octanol–water partition coefficient (Wildman–Crippen LogP) is 4.44. The number of Topliss-reactive ketones (excluding diaryl/α,β-unsaturated/α-hetero) is 1. The predicted molar refractivity (Wildman–Crippen MR) is 111 cm³/mol. The molecule has 0 saturated heterocycles. The number of benzene rings is 2. The fourth-order valence-electron chi connectivity index (χ4n) is 3.12.